The Bertz CT molecular complexity index is 466. The van der Waals surface area contributed by atoms with E-state index in [0.29, 0.717) is 0 Å². The number of hydrogen-bond acceptors (Lipinski definition) is 10. The lowest BCUT2D eigenvalue weighted by molar-refractivity contribution is -0.138. The first-order chi connectivity index (χ1) is 12.9. The van der Waals surface area contributed by atoms with Gasteiger partial charge in [-0.1, -0.05) is 0 Å². The first-order valence-corrected chi connectivity index (χ1v) is 7.08. The number of rotatable bonds is 8. The molecule has 0 aromatic rings. The Morgan fingerprint density at radius 2 is 0.786 bits per heavy atom. The van der Waals surface area contributed by atoms with Crippen LogP contribution in [0.1, 0.15) is 0 Å². The summed E-state index contributed by atoms with van der Waals surface area (Å²) in [6, 6.07) is 0. The second-order valence-corrected chi connectivity index (χ2v) is 3.94. The Hall–Kier alpha value is -3.34. The third-order valence-corrected chi connectivity index (χ3v) is 1.59. The summed E-state index contributed by atoms with van der Waals surface area (Å²) in [6.07, 6.45) is 0. The molecule has 0 spiro atoms. The second-order valence-electron chi connectivity index (χ2n) is 3.94. The van der Waals surface area contributed by atoms with Gasteiger partial charge >= 0.3 is 23.9 Å². The first-order valence-electron chi connectivity index (χ1n) is 7.08. The molecule has 0 heterocycles. The quantitative estimate of drug-likeness (QED) is 0.177. The van der Waals surface area contributed by atoms with Crippen LogP contribution in [0.4, 0.5) is 0 Å². The zero-order chi connectivity index (χ0) is 23.1. The van der Waals surface area contributed by atoms with Crippen molar-refractivity contribution in [3.63, 3.8) is 0 Å². The van der Waals surface area contributed by atoms with Gasteiger partial charge in [0.2, 0.25) is 11.8 Å². The summed E-state index contributed by atoms with van der Waals surface area (Å²) in [6.45, 7) is -1.76. The van der Waals surface area contributed by atoms with Crippen LogP contribution in [0.5, 0.6) is 0 Å². The van der Waals surface area contributed by atoms with Crippen molar-refractivity contribution in [2.45, 2.75) is 0 Å². The molecule has 0 atom stereocenters. The first kappa shape index (κ1) is 32.3. The number of amides is 2. The minimum absolute atomic E-state index is 0.202. The highest BCUT2D eigenvalue weighted by Crippen LogP contribution is 1.66. The molecule has 164 valence electrons. The van der Waals surface area contributed by atoms with Crippen molar-refractivity contribution in [3.05, 3.63) is 0 Å². The SMILES string of the molecule is NCC(=O)NCC(=O)NCC(=O)O.NCC(=O)O.NCC(=O)O.NCC(=O)O. The van der Waals surface area contributed by atoms with Crippen molar-refractivity contribution in [2.75, 3.05) is 39.3 Å². The van der Waals surface area contributed by atoms with Gasteiger partial charge in [-0.15, -0.1) is 0 Å². The maximum Gasteiger partial charge on any atom is 0.322 e. The molecule has 0 aliphatic rings. The molecule has 0 aliphatic carbocycles. The van der Waals surface area contributed by atoms with Gasteiger partial charge in [-0.2, -0.15) is 0 Å². The molecule has 16 nitrogen and oxygen atoms in total. The van der Waals surface area contributed by atoms with E-state index >= 15 is 0 Å². The average Bonchev–Trinajstić information content (AvgIpc) is 2.65. The molecule has 16 heteroatoms. The molecule has 28 heavy (non-hydrogen) atoms. The average molecular weight is 414 g/mol. The topological polar surface area (TPSA) is 311 Å². The monoisotopic (exact) mass is 414 g/mol. The van der Waals surface area contributed by atoms with Crippen molar-refractivity contribution in [1.82, 2.24) is 10.6 Å². The van der Waals surface area contributed by atoms with E-state index in [1.54, 1.807) is 0 Å². The van der Waals surface area contributed by atoms with Gasteiger partial charge < -0.3 is 54.0 Å². The standard InChI is InChI=1S/C6H11N3O4.3C2H5NO2/c7-1-4(10)8-2-5(11)9-3-6(12)13;3*3-1-2(4)5/h1-3,7H2,(H,8,10)(H,9,11)(H,12,13);3*1,3H2,(H,4,5). The second kappa shape index (κ2) is 23.7. The Kier molecular flexibility index (Phi) is 27.3. The summed E-state index contributed by atoms with van der Waals surface area (Å²) >= 11 is 0. The van der Waals surface area contributed by atoms with Crippen LogP contribution in [0, 0.1) is 0 Å². The Morgan fingerprint density at radius 3 is 1.00 bits per heavy atom. The molecule has 0 bridgehead atoms. The number of carbonyl (C=O) groups is 6. The van der Waals surface area contributed by atoms with Crippen LogP contribution >= 0.6 is 0 Å². The van der Waals surface area contributed by atoms with Crippen molar-refractivity contribution in [1.29, 1.82) is 0 Å². The number of nitrogens with two attached hydrogens (primary N) is 4. The van der Waals surface area contributed by atoms with Gasteiger partial charge in [0.1, 0.15) is 6.54 Å². The highest BCUT2D eigenvalue weighted by molar-refractivity contribution is 5.87. The predicted octanol–water partition coefficient (Wildman–Crippen LogP) is -5.65. The van der Waals surface area contributed by atoms with Crippen molar-refractivity contribution < 1.29 is 49.2 Å². The molecule has 0 saturated heterocycles. The molecular weight excluding hydrogens is 388 g/mol. The number of carboxylic acids is 4. The lowest BCUT2D eigenvalue weighted by Crippen LogP contribution is -2.40. The molecule has 0 aromatic carbocycles. The molecule has 0 rings (SSSR count). The van der Waals surface area contributed by atoms with Crippen LogP contribution in [0.15, 0.2) is 0 Å². The maximum absolute atomic E-state index is 10.7. The van der Waals surface area contributed by atoms with Crippen LogP contribution in [-0.2, 0) is 28.8 Å². The molecular formula is C12H26N6O10. The lowest BCUT2D eigenvalue weighted by atomic mass is 10.5. The van der Waals surface area contributed by atoms with Crippen molar-refractivity contribution in [3.8, 4) is 0 Å². The van der Waals surface area contributed by atoms with Crippen molar-refractivity contribution >= 4 is 35.7 Å². The molecule has 0 aromatic heterocycles. The van der Waals surface area contributed by atoms with E-state index in [2.05, 4.69) is 27.8 Å². The summed E-state index contributed by atoms with van der Waals surface area (Å²) in [7, 11) is 0. The molecule has 0 saturated carbocycles. The smallest absolute Gasteiger partial charge is 0.322 e. The zero-order valence-corrected chi connectivity index (χ0v) is 14.8. The van der Waals surface area contributed by atoms with Crippen LogP contribution < -0.4 is 33.6 Å². The number of nitrogens with one attached hydrogen (secondary N) is 2. The number of hydrogen-bond donors (Lipinski definition) is 10. The summed E-state index contributed by atoms with van der Waals surface area (Å²) in [4.78, 5) is 59.0. The van der Waals surface area contributed by atoms with E-state index in [9.17, 15) is 28.8 Å². The number of carboxylic acid groups (broad SMARTS) is 4. The van der Waals surface area contributed by atoms with Gasteiger partial charge in [0, 0.05) is 0 Å². The number of aliphatic carboxylic acids is 4. The van der Waals surface area contributed by atoms with Gasteiger partial charge in [0.25, 0.3) is 0 Å². The molecule has 0 radical (unpaired) electrons. The van der Waals surface area contributed by atoms with Gasteiger partial charge in [-0.25, -0.2) is 0 Å². The molecule has 2 amide bonds. The van der Waals surface area contributed by atoms with E-state index in [1.165, 1.54) is 0 Å². The highest BCUT2D eigenvalue weighted by atomic mass is 16.4. The summed E-state index contributed by atoms with van der Waals surface area (Å²) in [5, 5.41) is 35.2. The van der Waals surface area contributed by atoms with Gasteiger partial charge in [-0.3, -0.25) is 28.8 Å². The van der Waals surface area contributed by atoms with Crippen LogP contribution in [-0.4, -0.2) is 95.4 Å². The lowest BCUT2D eigenvalue weighted by Gasteiger charge is -2.03. The summed E-state index contributed by atoms with van der Waals surface area (Å²) in [5.74, 6) is -5.08. The predicted molar refractivity (Wildman–Crippen MR) is 92.8 cm³/mol. The van der Waals surface area contributed by atoms with Crippen LogP contribution in [0.2, 0.25) is 0 Å². The Balaban J connectivity index is -0.000000159. The molecule has 0 aliphatic heterocycles. The Morgan fingerprint density at radius 1 is 0.500 bits per heavy atom. The van der Waals surface area contributed by atoms with Gasteiger partial charge in [0.15, 0.2) is 0 Å². The van der Waals surface area contributed by atoms with E-state index in [-0.39, 0.29) is 32.7 Å². The van der Waals surface area contributed by atoms with E-state index < -0.39 is 42.2 Å². The van der Waals surface area contributed by atoms with E-state index in [0.717, 1.165) is 0 Å². The van der Waals surface area contributed by atoms with Gasteiger partial charge in [-0.05, 0) is 0 Å². The maximum atomic E-state index is 10.7. The fourth-order valence-electron chi connectivity index (χ4n) is 0.488. The zero-order valence-electron chi connectivity index (χ0n) is 14.8. The number of carbonyl (C=O) groups excluding carboxylic acids is 2. The third-order valence-electron chi connectivity index (χ3n) is 1.59. The van der Waals surface area contributed by atoms with Crippen LogP contribution in [0.3, 0.4) is 0 Å². The van der Waals surface area contributed by atoms with Crippen molar-refractivity contribution in [2.24, 2.45) is 22.9 Å². The van der Waals surface area contributed by atoms with E-state index in [4.69, 9.17) is 26.2 Å². The minimum Gasteiger partial charge on any atom is -0.480 e. The summed E-state index contributed by atoms with van der Waals surface area (Å²) < 4.78 is 0. The van der Waals surface area contributed by atoms with E-state index in [1.807, 2.05) is 0 Å². The van der Waals surface area contributed by atoms with Crippen LogP contribution in [0.25, 0.3) is 0 Å². The summed E-state index contributed by atoms with van der Waals surface area (Å²) in [5.41, 5.74) is 18.7. The molecule has 14 N–H and O–H groups in total. The van der Waals surface area contributed by atoms with Gasteiger partial charge in [0.05, 0.1) is 32.7 Å². The molecule has 0 unspecified atom stereocenters. The fourth-order valence-corrected chi connectivity index (χ4v) is 0.488. The largest absolute Gasteiger partial charge is 0.480 e. The minimum atomic E-state index is -1.14. The fraction of sp³-hybridized carbons (Fsp3) is 0.500. The normalized spacial score (nSPS) is 8.14. The third kappa shape index (κ3) is 49.5. The molecule has 0 fully saturated rings. The highest BCUT2D eigenvalue weighted by Gasteiger charge is 2.04. The Labute approximate surface area is 158 Å².